The maximum atomic E-state index is 12.4. The number of aromatic nitrogens is 1. The van der Waals surface area contributed by atoms with Gasteiger partial charge in [0.1, 0.15) is 0 Å². The van der Waals surface area contributed by atoms with Crippen molar-refractivity contribution in [1.29, 1.82) is 0 Å². The van der Waals surface area contributed by atoms with Crippen LogP contribution >= 0.6 is 11.8 Å². The summed E-state index contributed by atoms with van der Waals surface area (Å²) in [6.07, 6.45) is 5.26. The van der Waals surface area contributed by atoms with E-state index in [0.29, 0.717) is 11.6 Å². The minimum Gasteiger partial charge on any atom is -0.445 e. The number of aliphatic hydroxyl groups is 1. The fraction of sp³-hybridized carbons (Fsp3) is 0.286. The summed E-state index contributed by atoms with van der Waals surface area (Å²) >= 11 is 1.44. The van der Waals surface area contributed by atoms with Crippen LogP contribution < -0.4 is 0 Å². The van der Waals surface area contributed by atoms with E-state index in [1.165, 1.54) is 11.8 Å². The number of hydrogen-bond acceptors (Lipinski definition) is 5. The second kappa shape index (κ2) is 7.12. The smallest absolute Gasteiger partial charge is 0.289 e. The Kier molecular flexibility index (Phi) is 5.20. The molecule has 0 saturated heterocycles. The predicted molar refractivity (Wildman–Crippen MR) is 76.6 cm³/mol. The molecule has 1 amide bonds. The maximum Gasteiger partial charge on any atom is 0.289 e. The summed E-state index contributed by atoms with van der Waals surface area (Å²) in [5.74, 6) is 0.0508. The number of aliphatic hydroxyl groups excluding tert-OH is 1. The van der Waals surface area contributed by atoms with E-state index in [-0.39, 0.29) is 24.8 Å². The standard InChI is InChI=1S/C14H16N2O3S/c1-20-13-5-4-12(19-13)14(18)16(7-8-17)10-11-3-2-6-15-9-11/h2-6,9,17H,7-8,10H2,1H3. The lowest BCUT2D eigenvalue weighted by Crippen LogP contribution is -2.32. The van der Waals surface area contributed by atoms with Crippen molar-refractivity contribution in [1.82, 2.24) is 9.88 Å². The highest BCUT2D eigenvalue weighted by Gasteiger charge is 2.19. The van der Waals surface area contributed by atoms with Gasteiger partial charge in [-0.05, 0) is 30.0 Å². The van der Waals surface area contributed by atoms with Gasteiger partial charge in [0.05, 0.1) is 6.61 Å². The molecular weight excluding hydrogens is 276 g/mol. The van der Waals surface area contributed by atoms with Crippen molar-refractivity contribution >= 4 is 17.7 Å². The lowest BCUT2D eigenvalue weighted by molar-refractivity contribution is 0.0670. The van der Waals surface area contributed by atoms with Crippen LogP contribution in [0, 0.1) is 0 Å². The number of carbonyl (C=O) groups excluding carboxylic acids is 1. The number of pyridine rings is 1. The minimum absolute atomic E-state index is 0.0951. The Morgan fingerprint density at radius 1 is 1.45 bits per heavy atom. The molecule has 0 spiro atoms. The van der Waals surface area contributed by atoms with Crippen LogP contribution in [-0.4, -0.2) is 40.3 Å². The van der Waals surface area contributed by atoms with E-state index in [9.17, 15) is 4.79 Å². The fourth-order valence-corrected chi connectivity index (χ4v) is 2.16. The Balaban J connectivity index is 2.13. The lowest BCUT2D eigenvalue weighted by atomic mass is 10.2. The third-order valence-corrected chi connectivity index (χ3v) is 3.37. The van der Waals surface area contributed by atoms with Crippen molar-refractivity contribution in [2.75, 3.05) is 19.4 Å². The van der Waals surface area contributed by atoms with Crippen LogP contribution in [0.2, 0.25) is 0 Å². The number of amides is 1. The molecule has 0 atom stereocenters. The topological polar surface area (TPSA) is 66.6 Å². The number of nitrogens with zero attached hydrogens (tertiary/aromatic N) is 2. The van der Waals surface area contributed by atoms with Gasteiger partial charge in [-0.3, -0.25) is 9.78 Å². The number of furan rings is 1. The van der Waals surface area contributed by atoms with Gasteiger partial charge < -0.3 is 14.4 Å². The molecule has 6 heteroatoms. The first-order valence-corrected chi connectivity index (χ1v) is 7.40. The maximum absolute atomic E-state index is 12.4. The lowest BCUT2D eigenvalue weighted by Gasteiger charge is -2.20. The average Bonchev–Trinajstić information content (AvgIpc) is 2.96. The summed E-state index contributed by atoms with van der Waals surface area (Å²) in [4.78, 5) is 17.9. The third-order valence-electron chi connectivity index (χ3n) is 2.75. The highest BCUT2D eigenvalue weighted by molar-refractivity contribution is 7.98. The van der Waals surface area contributed by atoms with Crippen LogP contribution in [0.1, 0.15) is 16.1 Å². The first-order valence-electron chi connectivity index (χ1n) is 6.17. The van der Waals surface area contributed by atoms with Crippen molar-refractivity contribution < 1.29 is 14.3 Å². The van der Waals surface area contributed by atoms with Gasteiger partial charge >= 0.3 is 0 Å². The molecule has 106 valence electrons. The van der Waals surface area contributed by atoms with Crippen LogP contribution in [0.4, 0.5) is 0 Å². The van der Waals surface area contributed by atoms with Crippen molar-refractivity contribution in [2.45, 2.75) is 11.6 Å². The molecule has 0 bridgehead atoms. The molecule has 0 unspecified atom stereocenters. The number of rotatable bonds is 6. The molecule has 0 aromatic carbocycles. The molecule has 0 fully saturated rings. The first kappa shape index (κ1) is 14.6. The van der Waals surface area contributed by atoms with E-state index in [1.54, 1.807) is 29.4 Å². The Morgan fingerprint density at radius 3 is 2.90 bits per heavy atom. The average molecular weight is 292 g/mol. The fourth-order valence-electron chi connectivity index (χ4n) is 1.79. The number of hydrogen-bond donors (Lipinski definition) is 1. The second-order valence-electron chi connectivity index (χ2n) is 4.13. The largest absolute Gasteiger partial charge is 0.445 e. The molecule has 2 aromatic rings. The predicted octanol–water partition coefficient (Wildman–Crippen LogP) is 2.03. The van der Waals surface area contributed by atoms with Crippen LogP contribution in [0.25, 0.3) is 0 Å². The van der Waals surface area contributed by atoms with E-state index in [4.69, 9.17) is 9.52 Å². The van der Waals surface area contributed by atoms with Gasteiger partial charge in [0.25, 0.3) is 5.91 Å². The van der Waals surface area contributed by atoms with Gasteiger partial charge in [-0.2, -0.15) is 0 Å². The van der Waals surface area contributed by atoms with E-state index in [1.807, 2.05) is 18.4 Å². The second-order valence-corrected chi connectivity index (χ2v) is 4.95. The van der Waals surface area contributed by atoms with Crippen molar-refractivity contribution in [3.8, 4) is 0 Å². The molecule has 2 rings (SSSR count). The molecule has 5 nitrogen and oxygen atoms in total. The van der Waals surface area contributed by atoms with Crippen LogP contribution in [0.5, 0.6) is 0 Å². The van der Waals surface area contributed by atoms with E-state index in [2.05, 4.69) is 4.98 Å². The molecule has 0 saturated carbocycles. The van der Waals surface area contributed by atoms with Crippen LogP contribution in [0.3, 0.4) is 0 Å². The monoisotopic (exact) mass is 292 g/mol. The highest BCUT2D eigenvalue weighted by Crippen LogP contribution is 2.19. The number of thioether (sulfide) groups is 1. The molecular formula is C14H16N2O3S. The van der Waals surface area contributed by atoms with Crippen LogP contribution in [0.15, 0.2) is 46.2 Å². The summed E-state index contributed by atoms with van der Waals surface area (Å²) in [7, 11) is 0. The minimum atomic E-state index is -0.233. The number of carbonyl (C=O) groups is 1. The molecule has 0 aliphatic carbocycles. The quantitative estimate of drug-likeness (QED) is 0.825. The zero-order valence-corrected chi connectivity index (χ0v) is 12.0. The van der Waals surface area contributed by atoms with E-state index in [0.717, 1.165) is 5.56 Å². The summed E-state index contributed by atoms with van der Waals surface area (Å²) in [6.45, 7) is 0.549. The Labute approximate surface area is 121 Å². The normalized spacial score (nSPS) is 10.5. The molecule has 0 aliphatic rings. The summed E-state index contributed by atoms with van der Waals surface area (Å²) < 4.78 is 5.43. The molecule has 0 aliphatic heterocycles. The van der Waals surface area contributed by atoms with Crippen molar-refractivity contribution in [3.63, 3.8) is 0 Å². The molecule has 20 heavy (non-hydrogen) atoms. The van der Waals surface area contributed by atoms with Gasteiger partial charge in [0.2, 0.25) is 0 Å². The molecule has 2 aromatic heterocycles. The van der Waals surface area contributed by atoms with Gasteiger partial charge in [0, 0.05) is 25.5 Å². The van der Waals surface area contributed by atoms with E-state index < -0.39 is 0 Å². The Hall–Kier alpha value is -1.79. The zero-order valence-electron chi connectivity index (χ0n) is 11.2. The summed E-state index contributed by atoms with van der Waals surface area (Å²) in [5.41, 5.74) is 0.908. The summed E-state index contributed by atoms with van der Waals surface area (Å²) in [6, 6.07) is 7.12. The first-order chi connectivity index (χ1) is 9.74. The van der Waals surface area contributed by atoms with Gasteiger partial charge in [-0.25, -0.2) is 0 Å². The van der Waals surface area contributed by atoms with Crippen LogP contribution in [-0.2, 0) is 6.54 Å². The highest BCUT2D eigenvalue weighted by atomic mass is 32.2. The third kappa shape index (κ3) is 3.61. The SMILES string of the molecule is CSc1ccc(C(=O)N(CCO)Cc2cccnc2)o1. The van der Waals surface area contributed by atoms with Gasteiger partial charge in [-0.1, -0.05) is 17.8 Å². The molecule has 1 N–H and O–H groups in total. The zero-order chi connectivity index (χ0) is 14.4. The Bertz CT molecular complexity index is 557. The molecule has 0 radical (unpaired) electrons. The van der Waals surface area contributed by atoms with E-state index >= 15 is 0 Å². The van der Waals surface area contributed by atoms with Gasteiger partial charge in [-0.15, -0.1) is 0 Å². The Morgan fingerprint density at radius 2 is 2.30 bits per heavy atom. The summed E-state index contributed by atoms with van der Waals surface area (Å²) in [5, 5.41) is 9.81. The van der Waals surface area contributed by atoms with Crippen molar-refractivity contribution in [3.05, 3.63) is 48.0 Å². The van der Waals surface area contributed by atoms with Crippen molar-refractivity contribution in [2.24, 2.45) is 0 Å². The molecule has 2 heterocycles. The van der Waals surface area contributed by atoms with Gasteiger partial charge in [0.15, 0.2) is 10.9 Å².